The minimum absolute atomic E-state index is 0.0387. The number of nitrogens with one attached hydrogen (secondary N) is 1. The first-order chi connectivity index (χ1) is 13.6. The second kappa shape index (κ2) is 7.99. The predicted molar refractivity (Wildman–Crippen MR) is 115 cm³/mol. The summed E-state index contributed by atoms with van der Waals surface area (Å²) in [6.45, 7) is 12.0. The lowest BCUT2D eigenvalue weighted by Crippen LogP contribution is -2.55. The van der Waals surface area contributed by atoms with Crippen molar-refractivity contribution >= 4 is 17.5 Å². The van der Waals surface area contributed by atoms with E-state index in [1.54, 1.807) is 24.3 Å². The highest BCUT2D eigenvalue weighted by Crippen LogP contribution is 2.24. The van der Waals surface area contributed by atoms with Crippen LogP contribution in [-0.4, -0.2) is 42.0 Å². The van der Waals surface area contributed by atoms with Gasteiger partial charge in [-0.05, 0) is 55.2 Å². The predicted octanol–water partition coefficient (Wildman–Crippen LogP) is 4.49. The molecule has 2 aromatic carbocycles. The third-order valence-corrected chi connectivity index (χ3v) is 5.27. The Kier molecular flexibility index (Phi) is 5.80. The Morgan fingerprint density at radius 1 is 1.03 bits per heavy atom. The molecular formula is C24H30N2O3. The second-order valence-electron chi connectivity index (χ2n) is 9.18. The van der Waals surface area contributed by atoms with E-state index in [4.69, 9.17) is 4.74 Å². The van der Waals surface area contributed by atoms with E-state index in [-0.39, 0.29) is 22.8 Å². The van der Waals surface area contributed by atoms with Gasteiger partial charge in [0.1, 0.15) is 0 Å². The van der Waals surface area contributed by atoms with Crippen LogP contribution in [0.15, 0.2) is 48.5 Å². The summed E-state index contributed by atoms with van der Waals surface area (Å²) in [6.07, 6.45) is 0. The topological polar surface area (TPSA) is 58.6 Å². The fourth-order valence-corrected chi connectivity index (χ4v) is 3.45. The van der Waals surface area contributed by atoms with Crippen LogP contribution in [0.25, 0.3) is 0 Å². The third kappa shape index (κ3) is 4.85. The van der Waals surface area contributed by atoms with Gasteiger partial charge in [0, 0.05) is 23.4 Å². The standard InChI is InChI=1S/C24H30N2O3/c1-23(2,3)19-11-9-17(10-12-19)21(27)25-20-8-6-7-18(15-20)22(28)26-13-14-29-16-24(26,4)5/h6-12,15H,13-14,16H2,1-5H3,(H,25,27). The van der Waals surface area contributed by atoms with Gasteiger partial charge >= 0.3 is 0 Å². The lowest BCUT2D eigenvalue weighted by Gasteiger charge is -2.42. The molecule has 29 heavy (non-hydrogen) atoms. The largest absolute Gasteiger partial charge is 0.377 e. The van der Waals surface area contributed by atoms with Crippen LogP contribution in [0.4, 0.5) is 5.69 Å². The maximum Gasteiger partial charge on any atom is 0.255 e. The first-order valence-electron chi connectivity index (χ1n) is 10.00. The molecule has 2 amide bonds. The highest BCUT2D eigenvalue weighted by atomic mass is 16.5. The molecule has 0 spiro atoms. The average Bonchev–Trinajstić information content (AvgIpc) is 2.67. The number of benzene rings is 2. The van der Waals surface area contributed by atoms with Crippen LogP contribution in [0.5, 0.6) is 0 Å². The van der Waals surface area contributed by atoms with Crippen LogP contribution in [0.3, 0.4) is 0 Å². The van der Waals surface area contributed by atoms with Gasteiger partial charge in [-0.15, -0.1) is 0 Å². The summed E-state index contributed by atoms with van der Waals surface area (Å²) in [5.74, 6) is -0.245. The zero-order valence-electron chi connectivity index (χ0n) is 17.9. The molecule has 1 fully saturated rings. The molecular weight excluding hydrogens is 364 g/mol. The van der Waals surface area contributed by atoms with Gasteiger partial charge in [-0.1, -0.05) is 39.0 Å². The van der Waals surface area contributed by atoms with Crippen molar-refractivity contribution in [3.05, 3.63) is 65.2 Å². The van der Waals surface area contributed by atoms with Crippen molar-refractivity contribution in [1.29, 1.82) is 0 Å². The molecule has 5 heteroatoms. The molecule has 1 N–H and O–H groups in total. The number of hydrogen-bond donors (Lipinski definition) is 1. The number of hydrogen-bond acceptors (Lipinski definition) is 3. The monoisotopic (exact) mass is 394 g/mol. The highest BCUT2D eigenvalue weighted by Gasteiger charge is 2.34. The summed E-state index contributed by atoms with van der Waals surface area (Å²) >= 11 is 0. The second-order valence-corrected chi connectivity index (χ2v) is 9.18. The molecule has 1 saturated heterocycles. The number of rotatable bonds is 3. The van der Waals surface area contributed by atoms with Crippen LogP contribution in [0.2, 0.25) is 0 Å². The maximum absolute atomic E-state index is 13.0. The first-order valence-corrected chi connectivity index (χ1v) is 10.00. The number of anilines is 1. The van der Waals surface area contributed by atoms with Gasteiger partial charge in [0.25, 0.3) is 11.8 Å². The van der Waals surface area contributed by atoms with Crippen LogP contribution in [0, 0.1) is 0 Å². The van der Waals surface area contributed by atoms with E-state index in [1.165, 1.54) is 5.56 Å². The molecule has 1 aliphatic heterocycles. The molecule has 0 radical (unpaired) electrons. The zero-order chi connectivity index (χ0) is 21.2. The number of ether oxygens (including phenoxy) is 1. The Hall–Kier alpha value is -2.66. The molecule has 3 rings (SSSR count). The minimum atomic E-state index is -0.358. The van der Waals surface area contributed by atoms with Gasteiger partial charge < -0.3 is 15.0 Å². The molecule has 0 aromatic heterocycles. The van der Waals surface area contributed by atoms with E-state index >= 15 is 0 Å². The normalized spacial score (nSPS) is 16.4. The maximum atomic E-state index is 13.0. The molecule has 1 aliphatic rings. The van der Waals surface area contributed by atoms with Crippen molar-refractivity contribution in [2.75, 3.05) is 25.1 Å². The molecule has 0 saturated carbocycles. The van der Waals surface area contributed by atoms with E-state index in [0.717, 1.165) is 0 Å². The van der Waals surface area contributed by atoms with Crippen molar-refractivity contribution in [2.24, 2.45) is 0 Å². The quantitative estimate of drug-likeness (QED) is 0.835. The minimum Gasteiger partial charge on any atom is -0.377 e. The Morgan fingerprint density at radius 2 is 1.72 bits per heavy atom. The summed E-state index contributed by atoms with van der Waals surface area (Å²) in [4.78, 5) is 27.5. The number of carbonyl (C=O) groups excluding carboxylic acids is 2. The molecule has 154 valence electrons. The van der Waals surface area contributed by atoms with Gasteiger partial charge in [0.05, 0.1) is 18.8 Å². The van der Waals surface area contributed by atoms with Crippen LogP contribution in [-0.2, 0) is 10.2 Å². The van der Waals surface area contributed by atoms with Crippen molar-refractivity contribution in [3.8, 4) is 0 Å². The molecule has 0 bridgehead atoms. The Morgan fingerprint density at radius 3 is 2.34 bits per heavy atom. The summed E-state index contributed by atoms with van der Waals surface area (Å²) < 4.78 is 5.50. The highest BCUT2D eigenvalue weighted by molar-refractivity contribution is 6.05. The van der Waals surface area contributed by atoms with Gasteiger partial charge in [-0.2, -0.15) is 0 Å². The molecule has 0 unspecified atom stereocenters. The van der Waals surface area contributed by atoms with Crippen LogP contribution >= 0.6 is 0 Å². The Bertz CT molecular complexity index is 895. The van der Waals surface area contributed by atoms with Crippen molar-refractivity contribution < 1.29 is 14.3 Å². The molecule has 2 aromatic rings. The molecule has 5 nitrogen and oxygen atoms in total. The van der Waals surface area contributed by atoms with Gasteiger partial charge in [-0.25, -0.2) is 0 Å². The van der Waals surface area contributed by atoms with Crippen molar-refractivity contribution in [1.82, 2.24) is 4.90 Å². The van der Waals surface area contributed by atoms with Crippen LogP contribution in [0.1, 0.15) is 60.9 Å². The Balaban J connectivity index is 1.74. The van der Waals surface area contributed by atoms with E-state index < -0.39 is 0 Å². The smallest absolute Gasteiger partial charge is 0.255 e. The van der Waals surface area contributed by atoms with E-state index in [0.29, 0.717) is 36.6 Å². The summed E-state index contributed by atoms with van der Waals surface area (Å²) in [5, 5.41) is 2.90. The SMILES string of the molecule is CC(C)(C)c1ccc(C(=O)Nc2cccc(C(=O)N3CCOCC3(C)C)c2)cc1. The fraction of sp³-hybridized carbons (Fsp3) is 0.417. The number of amides is 2. The number of morpholine rings is 1. The summed E-state index contributed by atoms with van der Waals surface area (Å²) in [7, 11) is 0. The van der Waals surface area contributed by atoms with E-state index in [9.17, 15) is 9.59 Å². The van der Waals surface area contributed by atoms with Crippen LogP contribution < -0.4 is 5.32 Å². The van der Waals surface area contributed by atoms with E-state index in [1.807, 2.05) is 43.0 Å². The summed E-state index contributed by atoms with van der Waals surface area (Å²) in [5.41, 5.74) is 2.60. The lowest BCUT2D eigenvalue weighted by atomic mass is 9.87. The molecule has 0 aliphatic carbocycles. The van der Waals surface area contributed by atoms with Gasteiger partial charge in [0.2, 0.25) is 0 Å². The first kappa shape index (κ1) is 21.1. The molecule has 0 atom stereocenters. The summed E-state index contributed by atoms with van der Waals surface area (Å²) in [6, 6.07) is 14.7. The zero-order valence-corrected chi connectivity index (χ0v) is 17.9. The van der Waals surface area contributed by atoms with Gasteiger partial charge in [-0.3, -0.25) is 9.59 Å². The molecule has 1 heterocycles. The van der Waals surface area contributed by atoms with Crippen molar-refractivity contribution in [2.45, 2.75) is 45.6 Å². The number of nitrogens with zero attached hydrogens (tertiary/aromatic N) is 1. The average molecular weight is 395 g/mol. The number of carbonyl (C=O) groups is 2. The third-order valence-electron chi connectivity index (χ3n) is 5.27. The van der Waals surface area contributed by atoms with E-state index in [2.05, 4.69) is 26.1 Å². The fourth-order valence-electron chi connectivity index (χ4n) is 3.45. The Labute approximate surface area is 173 Å². The van der Waals surface area contributed by atoms with Gasteiger partial charge in [0.15, 0.2) is 0 Å². The van der Waals surface area contributed by atoms with Crippen molar-refractivity contribution in [3.63, 3.8) is 0 Å². The lowest BCUT2D eigenvalue weighted by molar-refractivity contribution is -0.0370.